The zero-order chi connectivity index (χ0) is 17.0. The molecule has 1 amide bonds. The fourth-order valence-electron chi connectivity index (χ4n) is 2.07. The number of hydrogen-bond donors (Lipinski definition) is 2. The molecule has 2 aromatic rings. The van der Waals surface area contributed by atoms with Crippen LogP contribution in [0.5, 0.6) is 0 Å². The third kappa shape index (κ3) is 3.73. The van der Waals surface area contributed by atoms with Crippen LogP contribution in [0.3, 0.4) is 0 Å². The van der Waals surface area contributed by atoms with Gasteiger partial charge in [-0.2, -0.15) is 0 Å². The minimum Gasteiger partial charge on any atom is -0.479 e. The lowest BCUT2D eigenvalue weighted by Gasteiger charge is -2.26. The summed E-state index contributed by atoms with van der Waals surface area (Å²) in [6.07, 6.45) is 3.13. The van der Waals surface area contributed by atoms with Crippen molar-refractivity contribution in [2.75, 3.05) is 0 Å². The number of hydrogen-bond acceptors (Lipinski definition) is 4. The van der Waals surface area contributed by atoms with Crippen LogP contribution in [0.2, 0.25) is 0 Å². The second kappa shape index (κ2) is 6.87. The molecule has 0 aliphatic rings. The third-order valence-corrected chi connectivity index (χ3v) is 4.51. The molecular formula is C16H17FN2O3S. The molecule has 1 atom stereocenters. The summed E-state index contributed by atoms with van der Waals surface area (Å²) in [6, 6.07) is 5.02. The number of benzene rings is 1. The van der Waals surface area contributed by atoms with Crippen molar-refractivity contribution >= 4 is 23.2 Å². The average molecular weight is 336 g/mol. The van der Waals surface area contributed by atoms with Crippen molar-refractivity contribution in [3.63, 3.8) is 0 Å². The molecule has 5 nitrogen and oxygen atoms in total. The van der Waals surface area contributed by atoms with E-state index < -0.39 is 23.2 Å². The molecule has 0 bridgehead atoms. The Morgan fingerprint density at radius 3 is 2.57 bits per heavy atom. The molecule has 2 rings (SSSR count). The molecule has 23 heavy (non-hydrogen) atoms. The highest BCUT2D eigenvalue weighted by Gasteiger charge is 2.37. The van der Waals surface area contributed by atoms with Gasteiger partial charge >= 0.3 is 5.97 Å². The van der Waals surface area contributed by atoms with Gasteiger partial charge in [0.1, 0.15) is 10.7 Å². The number of nitrogens with one attached hydrogen (secondary N) is 1. The van der Waals surface area contributed by atoms with Gasteiger partial charge in [-0.25, -0.2) is 14.2 Å². The quantitative estimate of drug-likeness (QED) is 0.850. The molecule has 2 N–H and O–H groups in total. The Hall–Kier alpha value is -2.28. The Labute approximate surface area is 137 Å². The van der Waals surface area contributed by atoms with Crippen LogP contribution < -0.4 is 5.32 Å². The van der Waals surface area contributed by atoms with E-state index in [-0.39, 0.29) is 5.56 Å². The van der Waals surface area contributed by atoms with Gasteiger partial charge in [0.05, 0.1) is 11.2 Å². The van der Waals surface area contributed by atoms with Gasteiger partial charge in [0, 0.05) is 0 Å². The van der Waals surface area contributed by atoms with Gasteiger partial charge in [-0.05, 0) is 37.5 Å². The van der Waals surface area contributed by atoms with E-state index in [9.17, 15) is 19.1 Å². The summed E-state index contributed by atoms with van der Waals surface area (Å²) in [4.78, 5) is 28.5. The smallest absolute Gasteiger partial charge is 0.333 e. The van der Waals surface area contributed by atoms with Gasteiger partial charge in [0.2, 0.25) is 0 Å². The number of carbonyl (C=O) groups is 2. The lowest BCUT2D eigenvalue weighted by atomic mass is 9.92. The molecule has 0 fully saturated rings. The predicted octanol–water partition coefficient (Wildman–Crippen LogP) is 2.96. The van der Waals surface area contributed by atoms with Gasteiger partial charge in [-0.15, -0.1) is 11.3 Å². The van der Waals surface area contributed by atoms with E-state index in [1.165, 1.54) is 36.6 Å². The fraction of sp³-hybridized carbons (Fsp3) is 0.312. The molecule has 0 saturated heterocycles. The number of carboxylic acids is 1. The van der Waals surface area contributed by atoms with Crippen LogP contribution in [-0.4, -0.2) is 22.0 Å². The van der Waals surface area contributed by atoms with Crippen molar-refractivity contribution in [2.45, 2.75) is 32.2 Å². The first-order chi connectivity index (χ1) is 10.9. The lowest BCUT2D eigenvalue weighted by molar-refractivity contribution is -0.144. The number of thiazole rings is 1. The zero-order valence-electron chi connectivity index (χ0n) is 12.8. The molecule has 1 heterocycles. The topological polar surface area (TPSA) is 79.3 Å². The van der Waals surface area contributed by atoms with Gasteiger partial charge in [0.15, 0.2) is 5.54 Å². The molecule has 1 unspecified atom stereocenters. The van der Waals surface area contributed by atoms with Crippen molar-refractivity contribution in [1.82, 2.24) is 10.3 Å². The van der Waals surface area contributed by atoms with Gasteiger partial charge < -0.3 is 10.4 Å². The summed E-state index contributed by atoms with van der Waals surface area (Å²) in [5.74, 6) is -2.21. The van der Waals surface area contributed by atoms with Crippen LogP contribution in [0.4, 0.5) is 4.39 Å². The SMILES string of the molecule is CCCc1ncc(C(=O)NC(C)(C(=O)O)c2ccc(F)cc2)s1. The highest BCUT2D eigenvalue weighted by molar-refractivity contribution is 7.13. The zero-order valence-corrected chi connectivity index (χ0v) is 13.6. The van der Waals surface area contributed by atoms with E-state index in [4.69, 9.17) is 0 Å². The number of rotatable bonds is 6. The predicted molar refractivity (Wildman–Crippen MR) is 85.0 cm³/mol. The molecule has 0 aliphatic carbocycles. The summed E-state index contributed by atoms with van der Waals surface area (Å²) in [5.41, 5.74) is -1.36. The third-order valence-electron chi connectivity index (χ3n) is 3.45. The molecule has 122 valence electrons. The summed E-state index contributed by atoms with van der Waals surface area (Å²) in [5, 5.41) is 12.9. The number of aliphatic carboxylic acids is 1. The summed E-state index contributed by atoms with van der Waals surface area (Å²) in [6.45, 7) is 3.38. The first-order valence-corrected chi connectivity index (χ1v) is 7.95. The molecule has 0 aliphatic heterocycles. The fourth-order valence-corrected chi connectivity index (χ4v) is 2.98. The van der Waals surface area contributed by atoms with Crippen LogP contribution >= 0.6 is 11.3 Å². The van der Waals surface area contributed by atoms with Gasteiger partial charge in [-0.3, -0.25) is 4.79 Å². The molecule has 1 aromatic heterocycles. The standard InChI is InChI=1S/C16H17FN2O3S/c1-3-4-13-18-9-12(23-13)14(20)19-16(2,15(21)22)10-5-7-11(17)8-6-10/h5-9H,3-4H2,1-2H3,(H,19,20)(H,21,22). The van der Waals surface area contributed by atoms with Crippen molar-refractivity contribution < 1.29 is 19.1 Å². The minimum atomic E-state index is -1.65. The largest absolute Gasteiger partial charge is 0.479 e. The van der Waals surface area contributed by atoms with E-state index in [0.717, 1.165) is 30.0 Å². The number of carboxylic acid groups (broad SMARTS) is 1. The first-order valence-electron chi connectivity index (χ1n) is 7.13. The second-order valence-corrected chi connectivity index (χ2v) is 6.37. The van der Waals surface area contributed by atoms with E-state index in [1.807, 2.05) is 6.92 Å². The highest BCUT2D eigenvalue weighted by atomic mass is 32.1. The number of aryl methyl sites for hydroxylation is 1. The molecule has 0 spiro atoms. The molecular weight excluding hydrogens is 319 g/mol. The molecule has 0 saturated carbocycles. The van der Waals surface area contributed by atoms with E-state index in [1.54, 1.807) is 0 Å². The first kappa shape index (κ1) is 17.1. The van der Waals surface area contributed by atoms with Crippen molar-refractivity contribution in [3.05, 3.63) is 51.7 Å². The van der Waals surface area contributed by atoms with Crippen LogP contribution in [0.25, 0.3) is 0 Å². The number of halogens is 1. The van der Waals surface area contributed by atoms with Crippen LogP contribution in [0.15, 0.2) is 30.5 Å². The number of amides is 1. The second-order valence-electron chi connectivity index (χ2n) is 5.26. The number of carbonyl (C=O) groups excluding carboxylic acids is 1. The maximum absolute atomic E-state index is 13.0. The maximum Gasteiger partial charge on any atom is 0.333 e. The van der Waals surface area contributed by atoms with Gasteiger partial charge in [-0.1, -0.05) is 19.1 Å². The van der Waals surface area contributed by atoms with Gasteiger partial charge in [0.25, 0.3) is 5.91 Å². The van der Waals surface area contributed by atoms with Crippen LogP contribution in [0, 0.1) is 5.82 Å². The Morgan fingerprint density at radius 2 is 2.00 bits per heavy atom. The van der Waals surface area contributed by atoms with Crippen LogP contribution in [-0.2, 0) is 16.8 Å². The minimum absolute atomic E-state index is 0.290. The van der Waals surface area contributed by atoms with E-state index >= 15 is 0 Å². The monoisotopic (exact) mass is 336 g/mol. The summed E-state index contributed by atoms with van der Waals surface area (Å²) in [7, 11) is 0. The average Bonchev–Trinajstić information content (AvgIpc) is 2.96. The molecule has 1 aromatic carbocycles. The molecule has 7 heteroatoms. The Balaban J connectivity index is 2.26. The van der Waals surface area contributed by atoms with E-state index in [0.29, 0.717) is 4.88 Å². The Morgan fingerprint density at radius 1 is 1.35 bits per heavy atom. The van der Waals surface area contributed by atoms with Crippen molar-refractivity contribution in [1.29, 1.82) is 0 Å². The van der Waals surface area contributed by atoms with Crippen molar-refractivity contribution in [3.8, 4) is 0 Å². The van der Waals surface area contributed by atoms with Crippen molar-refractivity contribution in [2.24, 2.45) is 0 Å². The number of aromatic nitrogens is 1. The normalized spacial score (nSPS) is 13.3. The maximum atomic E-state index is 13.0. The highest BCUT2D eigenvalue weighted by Crippen LogP contribution is 2.23. The number of nitrogens with zero attached hydrogens (tertiary/aromatic N) is 1. The molecule has 0 radical (unpaired) electrons. The summed E-state index contributed by atoms with van der Waals surface area (Å²) < 4.78 is 13.0. The van der Waals surface area contributed by atoms with Crippen LogP contribution in [0.1, 0.15) is 40.5 Å². The summed E-state index contributed by atoms with van der Waals surface area (Å²) >= 11 is 1.24. The van der Waals surface area contributed by atoms with E-state index in [2.05, 4.69) is 10.3 Å². The Kier molecular flexibility index (Phi) is 5.10. The Bertz CT molecular complexity index is 714. The lowest BCUT2D eigenvalue weighted by Crippen LogP contribution is -2.49.